The summed E-state index contributed by atoms with van der Waals surface area (Å²) in [5.74, 6) is -0.918. The number of carbonyl (C=O) groups excluding carboxylic acids is 1. The molecule has 0 saturated carbocycles. The molecule has 0 aliphatic heterocycles. The van der Waals surface area contributed by atoms with Crippen molar-refractivity contribution in [2.75, 3.05) is 13.7 Å². The van der Waals surface area contributed by atoms with E-state index in [9.17, 15) is 18.8 Å². The monoisotopic (exact) mass is 414 g/mol. The first-order valence-electron chi connectivity index (χ1n) is 9.38. The molecule has 0 unspecified atom stereocenters. The van der Waals surface area contributed by atoms with E-state index in [1.165, 1.54) is 35.8 Å². The van der Waals surface area contributed by atoms with Gasteiger partial charge >= 0.3 is 5.69 Å². The summed E-state index contributed by atoms with van der Waals surface area (Å²) in [5, 5.41) is 0.0100. The number of rotatable bonds is 6. The van der Waals surface area contributed by atoms with Gasteiger partial charge in [-0.05, 0) is 26.0 Å². The molecule has 9 heteroatoms. The molecule has 1 atom stereocenters. The van der Waals surface area contributed by atoms with Crippen molar-refractivity contribution in [1.82, 2.24) is 19.4 Å². The number of ether oxygens (including phenoxy) is 1. The van der Waals surface area contributed by atoms with Crippen LogP contribution in [-0.2, 0) is 18.3 Å². The topological polar surface area (TPSA) is 97.3 Å². The molecule has 0 spiro atoms. The normalized spacial score (nSPS) is 12.2. The number of nitrogens with zero attached hydrogens (tertiary/aromatic N) is 3. The number of H-pyrrole nitrogens is 1. The minimum absolute atomic E-state index is 0.0100. The maximum absolute atomic E-state index is 14.3. The van der Waals surface area contributed by atoms with Crippen molar-refractivity contribution in [3.63, 3.8) is 0 Å². The van der Waals surface area contributed by atoms with E-state index in [4.69, 9.17) is 4.74 Å². The molecular formula is C21H23FN4O4. The number of hydrogen-bond donors (Lipinski definition) is 1. The summed E-state index contributed by atoms with van der Waals surface area (Å²) in [7, 11) is 2.97. The van der Waals surface area contributed by atoms with Crippen LogP contribution in [0.1, 0.15) is 28.5 Å². The number of aromatic amines is 1. The highest BCUT2D eigenvalue weighted by molar-refractivity contribution is 6.05. The Hall–Kier alpha value is -3.33. The molecule has 1 amide bonds. The van der Waals surface area contributed by atoms with E-state index in [2.05, 4.69) is 9.97 Å². The first-order valence-corrected chi connectivity index (χ1v) is 9.38. The van der Waals surface area contributed by atoms with Gasteiger partial charge < -0.3 is 9.64 Å². The van der Waals surface area contributed by atoms with Gasteiger partial charge in [-0.1, -0.05) is 18.2 Å². The van der Waals surface area contributed by atoms with Crippen LogP contribution in [0, 0.1) is 12.7 Å². The van der Waals surface area contributed by atoms with Gasteiger partial charge in [-0.3, -0.25) is 19.1 Å². The predicted molar refractivity (Wildman–Crippen MR) is 110 cm³/mol. The van der Waals surface area contributed by atoms with Crippen LogP contribution >= 0.6 is 0 Å². The third kappa shape index (κ3) is 4.02. The van der Waals surface area contributed by atoms with E-state index < -0.39 is 29.0 Å². The molecule has 0 radical (unpaired) electrons. The molecule has 1 N–H and O–H groups in total. The molecule has 0 aliphatic carbocycles. The fourth-order valence-corrected chi connectivity index (χ4v) is 3.36. The molecule has 8 nitrogen and oxygen atoms in total. The SMILES string of the molecule is COC[C@@H](C)N(Cc1ccccc1F)C(=O)c1cc(C)nc2c1c(=O)[nH]c(=O)n2C. The lowest BCUT2D eigenvalue weighted by atomic mass is 10.1. The Labute approximate surface area is 171 Å². The van der Waals surface area contributed by atoms with Gasteiger partial charge in [0, 0.05) is 32.0 Å². The van der Waals surface area contributed by atoms with Crippen molar-refractivity contribution in [1.29, 1.82) is 0 Å². The molecule has 158 valence electrons. The maximum Gasteiger partial charge on any atom is 0.329 e. The lowest BCUT2D eigenvalue weighted by Gasteiger charge is -2.29. The molecular weight excluding hydrogens is 391 g/mol. The molecule has 2 heterocycles. The van der Waals surface area contributed by atoms with Gasteiger partial charge in [0.2, 0.25) is 0 Å². The summed E-state index contributed by atoms with van der Waals surface area (Å²) in [6.07, 6.45) is 0. The number of methoxy groups -OCH3 is 1. The first-order chi connectivity index (χ1) is 14.2. The minimum atomic E-state index is -0.700. The number of hydrogen-bond acceptors (Lipinski definition) is 5. The summed E-state index contributed by atoms with van der Waals surface area (Å²) in [6, 6.07) is 7.28. The van der Waals surface area contributed by atoms with Gasteiger partial charge in [0.05, 0.1) is 23.6 Å². The standard InChI is InChI=1S/C21H23FN4O4/c1-12-9-15(17-18(23-12)25(3)21(29)24-19(17)27)20(28)26(13(2)11-30-4)10-14-7-5-6-8-16(14)22/h5-9,13H,10-11H2,1-4H3,(H,24,27,29)/t13-/m1/s1. The smallest absolute Gasteiger partial charge is 0.329 e. The van der Waals surface area contributed by atoms with Gasteiger partial charge in [0.15, 0.2) is 0 Å². The molecule has 0 aliphatic rings. The third-order valence-corrected chi connectivity index (χ3v) is 4.93. The highest BCUT2D eigenvalue weighted by Gasteiger charge is 2.26. The first kappa shape index (κ1) is 21.4. The number of fused-ring (bicyclic) bond motifs is 1. The Bertz CT molecular complexity index is 1220. The van der Waals surface area contributed by atoms with E-state index >= 15 is 0 Å². The fourth-order valence-electron chi connectivity index (χ4n) is 3.36. The van der Waals surface area contributed by atoms with Crippen molar-refractivity contribution in [2.24, 2.45) is 7.05 Å². The Morgan fingerprint density at radius 1 is 1.33 bits per heavy atom. The van der Waals surface area contributed by atoms with Crippen LogP contribution in [-0.4, -0.2) is 45.1 Å². The number of amides is 1. The summed E-state index contributed by atoms with van der Waals surface area (Å²) in [6.45, 7) is 3.65. The second-order valence-corrected chi connectivity index (χ2v) is 7.16. The van der Waals surface area contributed by atoms with Crippen LogP contribution in [0.25, 0.3) is 11.0 Å². The van der Waals surface area contributed by atoms with Crippen molar-refractivity contribution < 1.29 is 13.9 Å². The van der Waals surface area contributed by atoms with Crippen LogP contribution in [0.4, 0.5) is 4.39 Å². The Morgan fingerprint density at radius 3 is 2.70 bits per heavy atom. The number of benzene rings is 1. The van der Waals surface area contributed by atoms with Crippen LogP contribution in [0.15, 0.2) is 39.9 Å². The average molecular weight is 414 g/mol. The number of pyridine rings is 1. The Kier molecular flexibility index (Phi) is 6.12. The second kappa shape index (κ2) is 8.58. The zero-order valence-electron chi connectivity index (χ0n) is 17.2. The van der Waals surface area contributed by atoms with Crippen molar-refractivity contribution in [3.05, 3.63) is 73.8 Å². The predicted octanol–water partition coefficient (Wildman–Crippen LogP) is 1.75. The Balaban J connectivity index is 2.18. The van der Waals surface area contributed by atoms with Crippen LogP contribution in [0.3, 0.4) is 0 Å². The summed E-state index contributed by atoms with van der Waals surface area (Å²) < 4.78 is 20.6. The van der Waals surface area contributed by atoms with E-state index in [0.717, 1.165) is 0 Å². The summed E-state index contributed by atoms with van der Waals surface area (Å²) in [5.41, 5.74) is -0.318. The number of carbonyl (C=O) groups is 1. The third-order valence-electron chi connectivity index (χ3n) is 4.93. The van der Waals surface area contributed by atoms with Crippen molar-refractivity contribution in [3.8, 4) is 0 Å². The second-order valence-electron chi connectivity index (χ2n) is 7.16. The quantitative estimate of drug-likeness (QED) is 0.663. The lowest BCUT2D eigenvalue weighted by molar-refractivity contribution is 0.0541. The zero-order chi connectivity index (χ0) is 22.0. The van der Waals surface area contributed by atoms with Crippen molar-refractivity contribution in [2.45, 2.75) is 26.4 Å². The Morgan fingerprint density at radius 2 is 2.03 bits per heavy atom. The molecule has 0 bridgehead atoms. The molecule has 1 aromatic carbocycles. The zero-order valence-corrected chi connectivity index (χ0v) is 17.2. The molecule has 2 aromatic heterocycles. The van der Waals surface area contributed by atoms with E-state index in [1.807, 2.05) is 0 Å². The van der Waals surface area contributed by atoms with E-state index in [0.29, 0.717) is 11.3 Å². The molecule has 0 fully saturated rings. The molecule has 0 saturated heterocycles. The minimum Gasteiger partial charge on any atom is -0.383 e. The van der Waals surface area contributed by atoms with Crippen molar-refractivity contribution >= 4 is 16.9 Å². The molecule has 30 heavy (non-hydrogen) atoms. The van der Waals surface area contributed by atoms with Gasteiger partial charge in [0.25, 0.3) is 11.5 Å². The summed E-state index contributed by atoms with van der Waals surface area (Å²) >= 11 is 0. The van der Waals surface area contributed by atoms with Crippen LogP contribution in [0.2, 0.25) is 0 Å². The van der Waals surface area contributed by atoms with E-state index in [-0.39, 0.29) is 29.7 Å². The van der Waals surface area contributed by atoms with Gasteiger partial charge in [0.1, 0.15) is 11.5 Å². The van der Waals surface area contributed by atoms with Crippen LogP contribution < -0.4 is 11.2 Å². The number of halogens is 1. The summed E-state index contributed by atoms with van der Waals surface area (Å²) in [4.78, 5) is 46.0. The highest BCUT2D eigenvalue weighted by Crippen LogP contribution is 2.20. The van der Waals surface area contributed by atoms with Gasteiger partial charge in [-0.2, -0.15) is 0 Å². The lowest BCUT2D eigenvalue weighted by Crippen LogP contribution is -2.41. The molecule has 3 aromatic rings. The highest BCUT2D eigenvalue weighted by atomic mass is 19.1. The van der Waals surface area contributed by atoms with Gasteiger partial charge in [-0.15, -0.1) is 0 Å². The number of aryl methyl sites for hydroxylation is 2. The van der Waals surface area contributed by atoms with Crippen LogP contribution in [0.5, 0.6) is 0 Å². The number of aromatic nitrogens is 3. The largest absolute Gasteiger partial charge is 0.383 e. The fraction of sp³-hybridized carbons (Fsp3) is 0.333. The number of nitrogens with one attached hydrogen (secondary N) is 1. The molecule has 3 rings (SSSR count). The van der Waals surface area contributed by atoms with Gasteiger partial charge in [-0.25, -0.2) is 14.2 Å². The van der Waals surface area contributed by atoms with E-state index in [1.54, 1.807) is 32.0 Å². The maximum atomic E-state index is 14.3. The average Bonchev–Trinajstić information content (AvgIpc) is 2.70.